The number of nitrogens with one attached hydrogen (secondary N) is 1. The maximum Gasteiger partial charge on any atom is 0.360 e. The molecule has 1 aliphatic rings. The van der Waals surface area contributed by atoms with E-state index >= 15 is 0 Å². The maximum atomic E-state index is 12.0. The second-order valence-electron chi connectivity index (χ2n) is 5.74. The fourth-order valence-corrected chi connectivity index (χ4v) is 3.32. The number of hydrogen-bond acceptors (Lipinski definition) is 5. The quantitative estimate of drug-likeness (QED) is 0.772. The highest BCUT2D eigenvalue weighted by Gasteiger charge is 2.29. The Hall–Kier alpha value is -1.41. The van der Waals surface area contributed by atoms with Gasteiger partial charge >= 0.3 is 5.97 Å². The van der Waals surface area contributed by atoms with Crippen LogP contribution < -0.4 is 5.14 Å². The van der Waals surface area contributed by atoms with Gasteiger partial charge in [0, 0.05) is 0 Å². The summed E-state index contributed by atoms with van der Waals surface area (Å²) in [6, 6.07) is 0. The van der Waals surface area contributed by atoms with E-state index in [-0.39, 0.29) is 23.1 Å². The molecule has 1 aliphatic carbocycles. The summed E-state index contributed by atoms with van der Waals surface area (Å²) in [5, 5.41) is 11.5. The third-order valence-electron chi connectivity index (χ3n) is 3.79. The number of hydrogen-bond donors (Lipinski definition) is 2. The van der Waals surface area contributed by atoms with Gasteiger partial charge in [0.2, 0.25) is 10.0 Å². The molecule has 2 rings (SSSR count). The van der Waals surface area contributed by atoms with Gasteiger partial charge in [-0.2, -0.15) is 5.10 Å². The van der Waals surface area contributed by atoms with Gasteiger partial charge in [0.05, 0.1) is 12.3 Å². The molecule has 1 heterocycles. The number of esters is 1. The Bertz CT molecular complexity index is 617. The summed E-state index contributed by atoms with van der Waals surface area (Å²) >= 11 is 0. The Morgan fingerprint density at radius 3 is 2.62 bits per heavy atom. The number of carbonyl (C=O) groups is 1. The fraction of sp³-hybridized carbons (Fsp3) is 0.692. The van der Waals surface area contributed by atoms with Crippen LogP contribution in [0.5, 0.6) is 0 Å². The van der Waals surface area contributed by atoms with Crippen LogP contribution >= 0.6 is 0 Å². The molecule has 0 saturated heterocycles. The molecule has 0 atom stereocenters. The summed E-state index contributed by atoms with van der Waals surface area (Å²) in [6.45, 7) is 3.85. The summed E-state index contributed by atoms with van der Waals surface area (Å²) in [7, 11) is -4.04. The van der Waals surface area contributed by atoms with Crippen molar-refractivity contribution in [2.24, 2.45) is 11.1 Å². The lowest BCUT2D eigenvalue weighted by Gasteiger charge is -2.24. The summed E-state index contributed by atoms with van der Waals surface area (Å²) in [6.07, 6.45) is 4.36. The first-order valence-corrected chi connectivity index (χ1v) is 8.63. The van der Waals surface area contributed by atoms with E-state index in [0.717, 1.165) is 6.42 Å². The summed E-state index contributed by atoms with van der Waals surface area (Å²) < 4.78 is 28.5. The monoisotopic (exact) mass is 315 g/mol. The SMILES string of the molecule is CC(C)c1[nH]nc(C(=O)OCCC2CCC2)c1S(N)(=O)=O. The van der Waals surface area contributed by atoms with Crippen molar-refractivity contribution in [1.29, 1.82) is 0 Å². The van der Waals surface area contributed by atoms with Crippen molar-refractivity contribution in [3.8, 4) is 0 Å². The van der Waals surface area contributed by atoms with Crippen molar-refractivity contribution >= 4 is 16.0 Å². The molecule has 1 saturated carbocycles. The fourth-order valence-electron chi connectivity index (χ4n) is 2.33. The van der Waals surface area contributed by atoms with Crippen molar-refractivity contribution in [3.63, 3.8) is 0 Å². The number of primary sulfonamides is 1. The minimum atomic E-state index is -4.04. The predicted molar refractivity (Wildman–Crippen MR) is 76.3 cm³/mol. The molecule has 0 spiro atoms. The smallest absolute Gasteiger partial charge is 0.360 e. The van der Waals surface area contributed by atoms with Gasteiger partial charge in [-0.15, -0.1) is 0 Å². The first kappa shape index (κ1) is 16.0. The van der Waals surface area contributed by atoms with Crippen molar-refractivity contribution in [2.75, 3.05) is 6.61 Å². The van der Waals surface area contributed by atoms with Gasteiger partial charge < -0.3 is 4.74 Å². The third kappa shape index (κ3) is 3.62. The van der Waals surface area contributed by atoms with Crippen LogP contribution in [0.2, 0.25) is 0 Å². The van der Waals surface area contributed by atoms with Crippen molar-refractivity contribution < 1.29 is 17.9 Å². The van der Waals surface area contributed by atoms with E-state index in [0.29, 0.717) is 11.6 Å². The molecule has 1 aromatic rings. The second kappa shape index (κ2) is 6.15. The zero-order valence-electron chi connectivity index (χ0n) is 12.3. The van der Waals surface area contributed by atoms with Crippen molar-refractivity contribution in [2.45, 2.75) is 50.3 Å². The number of aromatic amines is 1. The van der Waals surface area contributed by atoms with Crippen molar-refractivity contribution in [3.05, 3.63) is 11.4 Å². The number of H-pyrrole nitrogens is 1. The molecule has 0 aliphatic heterocycles. The molecular formula is C13H21N3O4S. The van der Waals surface area contributed by atoms with Crippen LogP contribution in [0, 0.1) is 5.92 Å². The number of aromatic nitrogens is 2. The normalized spacial score (nSPS) is 16.0. The lowest BCUT2D eigenvalue weighted by molar-refractivity contribution is 0.0453. The molecule has 0 aromatic carbocycles. The third-order valence-corrected chi connectivity index (χ3v) is 4.77. The van der Waals surface area contributed by atoms with E-state index < -0.39 is 16.0 Å². The van der Waals surface area contributed by atoms with E-state index in [1.807, 2.05) is 0 Å². The zero-order valence-corrected chi connectivity index (χ0v) is 13.1. The number of nitrogens with zero attached hydrogens (tertiary/aromatic N) is 1. The molecule has 1 fully saturated rings. The Balaban J connectivity index is 2.12. The minimum Gasteiger partial charge on any atom is -0.461 e. The number of carbonyl (C=O) groups excluding carboxylic acids is 1. The van der Waals surface area contributed by atoms with Crippen LogP contribution in [0.4, 0.5) is 0 Å². The van der Waals surface area contributed by atoms with Crippen LogP contribution in [0.3, 0.4) is 0 Å². The van der Waals surface area contributed by atoms with Crippen LogP contribution in [0.25, 0.3) is 0 Å². The molecule has 3 N–H and O–H groups in total. The van der Waals surface area contributed by atoms with E-state index in [2.05, 4.69) is 10.2 Å². The lowest BCUT2D eigenvalue weighted by atomic mass is 9.83. The molecule has 0 amide bonds. The van der Waals surface area contributed by atoms with Gasteiger partial charge in [-0.3, -0.25) is 5.10 Å². The molecule has 7 nitrogen and oxygen atoms in total. The standard InChI is InChI=1S/C13H21N3O4S/c1-8(2)10-12(21(14,18)19)11(16-15-10)13(17)20-7-6-9-4-3-5-9/h8-9H,3-7H2,1-2H3,(H,15,16)(H2,14,18,19). The van der Waals surface area contributed by atoms with Gasteiger partial charge in [0.1, 0.15) is 4.90 Å². The first-order valence-electron chi connectivity index (χ1n) is 7.09. The highest BCUT2D eigenvalue weighted by Crippen LogP contribution is 2.29. The van der Waals surface area contributed by atoms with Gasteiger partial charge in [0.25, 0.3) is 0 Å². The minimum absolute atomic E-state index is 0.151. The average molecular weight is 315 g/mol. The Morgan fingerprint density at radius 1 is 1.48 bits per heavy atom. The van der Waals surface area contributed by atoms with E-state index in [1.54, 1.807) is 13.8 Å². The molecule has 0 bridgehead atoms. The van der Waals surface area contributed by atoms with Crippen LogP contribution in [-0.4, -0.2) is 31.2 Å². The van der Waals surface area contributed by atoms with Gasteiger partial charge in [-0.05, 0) is 18.3 Å². The predicted octanol–water partition coefficient (Wildman–Crippen LogP) is 1.53. The van der Waals surface area contributed by atoms with Gasteiger partial charge in [-0.25, -0.2) is 18.4 Å². The highest BCUT2D eigenvalue weighted by molar-refractivity contribution is 7.89. The summed E-state index contributed by atoms with van der Waals surface area (Å²) in [5.41, 5.74) is 0.0678. The zero-order chi connectivity index (χ0) is 15.6. The summed E-state index contributed by atoms with van der Waals surface area (Å²) in [5.74, 6) is -0.287. The molecule has 0 unspecified atom stereocenters. The van der Waals surface area contributed by atoms with Crippen LogP contribution in [-0.2, 0) is 14.8 Å². The number of sulfonamides is 1. The van der Waals surface area contributed by atoms with Crippen LogP contribution in [0.1, 0.15) is 61.6 Å². The molecule has 21 heavy (non-hydrogen) atoms. The Kier molecular flexibility index (Phi) is 4.67. The molecular weight excluding hydrogens is 294 g/mol. The molecule has 8 heteroatoms. The number of ether oxygens (including phenoxy) is 1. The second-order valence-corrected chi connectivity index (χ2v) is 7.23. The van der Waals surface area contributed by atoms with Gasteiger partial charge in [-0.1, -0.05) is 33.1 Å². The van der Waals surface area contributed by atoms with E-state index in [4.69, 9.17) is 9.88 Å². The number of nitrogens with two attached hydrogens (primary N) is 1. The highest BCUT2D eigenvalue weighted by atomic mass is 32.2. The lowest BCUT2D eigenvalue weighted by Crippen LogP contribution is -2.20. The first-order chi connectivity index (χ1) is 9.80. The van der Waals surface area contributed by atoms with E-state index in [1.165, 1.54) is 19.3 Å². The largest absolute Gasteiger partial charge is 0.461 e. The number of rotatable bonds is 6. The average Bonchev–Trinajstić information content (AvgIpc) is 2.76. The molecule has 0 radical (unpaired) electrons. The van der Waals surface area contributed by atoms with Crippen LogP contribution in [0.15, 0.2) is 4.90 Å². The Morgan fingerprint density at radius 2 is 2.14 bits per heavy atom. The summed E-state index contributed by atoms with van der Waals surface area (Å²) in [4.78, 5) is 11.8. The van der Waals surface area contributed by atoms with Gasteiger partial charge in [0.15, 0.2) is 5.69 Å². The van der Waals surface area contributed by atoms with E-state index in [9.17, 15) is 13.2 Å². The molecule has 118 valence electrons. The Labute approximate surface area is 124 Å². The topological polar surface area (TPSA) is 115 Å². The molecule has 1 aromatic heterocycles. The maximum absolute atomic E-state index is 12.0. The van der Waals surface area contributed by atoms with Crippen molar-refractivity contribution in [1.82, 2.24) is 10.2 Å².